The van der Waals surface area contributed by atoms with Crippen molar-refractivity contribution in [1.29, 1.82) is 0 Å². The third-order valence-corrected chi connectivity index (χ3v) is 11.2. The van der Waals surface area contributed by atoms with Gasteiger partial charge in [-0.25, -0.2) is 9.97 Å². The summed E-state index contributed by atoms with van der Waals surface area (Å²) in [5, 5.41) is 8.85. The minimum absolute atomic E-state index is 0.0234. The minimum Gasteiger partial charge on any atom is -0.484 e. The van der Waals surface area contributed by atoms with Gasteiger partial charge >= 0.3 is 0 Å². The summed E-state index contributed by atoms with van der Waals surface area (Å²) in [6, 6.07) is 27.2. The fourth-order valence-electron chi connectivity index (χ4n) is 7.72. The number of hydrogen-bond donors (Lipinski definition) is 5. The highest BCUT2D eigenvalue weighted by molar-refractivity contribution is 6.31. The van der Waals surface area contributed by atoms with E-state index in [9.17, 15) is 14.4 Å². The molecule has 4 heterocycles. The van der Waals surface area contributed by atoms with Crippen LogP contribution in [0.1, 0.15) is 58.7 Å². The number of quaternary nitrogens is 1. The summed E-state index contributed by atoms with van der Waals surface area (Å²) in [5.74, 6) is 0.405. The van der Waals surface area contributed by atoms with E-state index >= 15 is 0 Å². The number of piperidine rings is 1. The number of nitrogens with zero attached hydrogens (tertiary/aromatic N) is 5. The predicted molar refractivity (Wildman–Crippen MR) is 239 cm³/mol. The first kappa shape index (κ1) is 45.2. The smallest absolute Gasteiger partial charge is 0.274 e. The van der Waals surface area contributed by atoms with E-state index in [1.165, 1.54) is 11.1 Å². The van der Waals surface area contributed by atoms with Crippen molar-refractivity contribution >= 4 is 41.0 Å². The van der Waals surface area contributed by atoms with Crippen LogP contribution in [0.3, 0.4) is 0 Å². The number of ether oxygens (including phenoxy) is 2. The van der Waals surface area contributed by atoms with Crippen molar-refractivity contribution in [1.82, 2.24) is 35.9 Å². The Hall–Kier alpha value is -6.32. The lowest BCUT2D eigenvalue weighted by Crippen LogP contribution is -2.60. The fraction of sp³-hybridized carbons (Fsp3) is 0.370. The van der Waals surface area contributed by atoms with Crippen molar-refractivity contribution in [2.24, 2.45) is 0 Å². The Morgan fingerprint density at radius 3 is 1.73 bits per heavy atom. The molecule has 0 bridgehead atoms. The van der Waals surface area contributed by atoms with Crippen LogP contribution >= 0.6 is 11.6 Å². The summed E-state index contributed by atoms with van der Waals surface area (Å²) >= 11 is 6.09. The fourth-order valence-corrected chi connectivity index (χ4v) is 7.84. The summed E-state index contributed by atoms with van der Waals surface area (Å²) in [6.07, 6.45) is 10.2. The van der Waals surface area contributed by atoms with Crippen LogP contribution in [0, 0.1) is 0 Å². The van der Waals surface area contributed by atoms with E-state index in [0.717, 1.165) is 80.6 Å². The van der Waals surface area contributed by atoms with Gasteiger partial charge in [0.15, 0.2) is 35.7 Å². The zero-order chi connectivity index (χ0) is 43.6. The number of anilines is 2. The van der Waals surface area contributed by atoms with Gasteiger partial charge in [0.05, 0.1) is 32.2 Å². The summed E-state index contributed by atoms with van der Waals surface area (Å²) in [7, 11) is 0. The molecule has 1 unspecified atom stereocenters. The number of halogens is 1. The first-order chi connectivity index (χ1) is 30.1. The molecule has 326 valence electrons. The number of nitrogens with one attached hydrogen (secondary N) is 3. The van der Waals surface area contributed by atoms with E-state index in [-0.39, 0.29) is 53.6 Å². The van der Waals surface area contributed by atoms with Gasteiger partial charge in [-0.3, -0.25) is 24.4 Å². The Labute approximate surface area is 367 Å². The quantitative estimate of drug-likeness (QED) is 0.0611. The number of likely N-dealkylation sites (tertiary alicyclic amines) is 1. The average molecular weight is 864 g/mol. The molecule has 3 amide bonds. The molecule has 0 saturated carbocycles. The molecule has 5 aromatic rings. The monoisotopic (exact) mass is 863 g/mol. The van der Waals surface area contributed by atoms with E-state index < -0.39 is 5.91 Å². The van der Waals surface area contributed by atoms with Gasteiger partial charge in [0.1, 0.15) is 11.5 Å². The van der Waals surface area contributed by atoms with Crippen molar-refractivity contribution in [3.8, 4) is 11.5 Å². The van der Waals surface area contributed by atoms with Gasteiger partial charge in [-0.05, 0) is 85.3 Å². The first-order valence-electron chi connectivity index (χ1n) is 21.1. The van der Waals surface area contributed by atoms with Gasteiger partial charge in [0, 0.05) is 62.6 Å². The molecule has 0 spiro atoms. The van der Waals surface area contributed by atoms with E-state index in [0.29, 0.717) is 37.4 Å². The Morgan fingerprint density at radius 2 is 1.23 bits per heavy atom. The standard InChI is InChI=1S/C46H55ClN10O5/c47-43-45(49)56-44(48)42(55-43)46(60)54-37-12-7-29-57(30-37,27-5-8-33-13-17-38(18-14-33)61-31-40(58)52-25-21-35-10-1-3-23-50-35)28-6-9-34-15-19-39(20-16-34)62-32-41(59)53-26-22-36-11-2-4-24-51-36/h1-4,10-11,13-20,23-24,37H,5-9,12,21-22,25-32H2,(H6-,48,49,52,53,54,56,58,59,60)/p+1. The van der Waals surface area contributed by atoms with Crippen LogP contribution < -0.4 is 36.9 Å². The van der Waals surface area contributed by atoms with Crippen molar-refractivity contribution in [3.63, 3.8) is 0 Å². The van der Waals surface area contributed by atoms with Crippen LogP contribution in [0.15, 0.2) is 97.3 Å². The molecular formula is C46H56ClN10O5+. The number of aromatic nitrogens is 4. The highest BCUT2D eigenvalue weighted by Gasteiger charge is 2.35. The number of aryl methyl sites for hydroxylation is 2. The molecule has 2 aromatic carbocycles. The van der Waals surface area contributed by atoms with Crippen molar-refractivity contribution in [2.75, 3.05) is 63.9 Å². The van der Waals surface area contributed by atoms with Crippen LogP contribution in [0.25, 0.3) is 0 Å². The van der Waals surface area contributed by atoms with Crippen molar-refractivity contribution < 1.29 is 28.3 Å². The first-order valence-corrected chi connectivity index (χ1v) is 21.5. The Bertz CT molecular complexity index is 2090. The molecule has 6 rings (SSSR count). The lowest BCUT2D eigenvalue weighted by molar-refractivity contribution is -0.933. The Morgan fingerprint density at radius 1 is 0.694 bits per heavy atom. The maximum Gasteiger partial charge on any atom is 0.274 e. The summed E-state index contributed by atoms with van der Waals surface area (Å²) < 4.78 is 12.4. The molecule has 0 radical (unpaired) electrons. The van der Waals surface area contributed by atoms with Crippen LogP contribution in [-0.2, 0) is 35.3 Å². The van der Waals surface area contributed by atoms with E-state index in [4.69, 9.17) is 32.5 Å². The third-order valence-electron chi connectivity index (χ3n) is 10.9. The normalized spacial score (nSPS) is 14.4. The molecule has 15 nitrogen and oxygen atoms in total. The largest absolute Gasteiger partial charge is 0.484 e. The van der Waals surface area contributed by atoms with Gasteiger partial charge in [0.25, 0.3) is 17.7 Å². The second kappa shape index (κ2) is 23.0. The SMILES string of the molecule is Nc1nc(N)c(C(=O)NC2CCC[N+](CCCc3ccc(OCC(=O)NCCc4ccccn4)cc3)(CCCc3ccc(OCC(=O)NCCc4ccccn4)cc3)C2)nc1Cl. The summed E-state index contributed by atoms with van der Waals surface area (Å²) in [5.41, 5.74) is 15.9. The van der Waals surface area contributed by atoms with Crippen LogP contribution in [0.2, 0.25) is 5.15 Å². The van der Waals surface area contributed by atoms with Gasteiger partial charge in [-0.1, -0.05) is 48.0 Å². The molecule has 3 aromatic heterocycles. The molecule has 0 aliphatic carbocycles. The van der Waals surface area contributed by atoms with Crippen LogP contribution in [0.5, 0.6) is 11.5 Å². The highest BCUT2D eigenvalue weighted by Crippen LogP contribution is 2.25. The van der Waals surface area contributed by atoms with Gasteiger partial charge in [0.2, 0.25) is 0 Å². The van der Waals surface area contributed by atoms with Crippen molar-refractivity contribution in [3.05, 3.63) is 131 Å². The van der Waals surface area contributed by atoms with Crippen molar-refractivity contribution in [2.45, 2.75) is 57.4 Å². The number of pyridine rings is 2. The predicted octanol–water partition coefficient (Wildman–Crippen LogP) is 4.53. The van der Waals surface area contributed by atoms with Crippen LogP contribution in [0.4, 0.5) is 11.6 Å². The van der Waals surface area contributed by atoms with E-state index in [2.05, 4.69) is 35.9 Å². The Kier molecular flexibility index (Phi) is 16.8. The number of benzene rings is 2. The summed E-state index contributed by atoms with van der Waals surface area (Å²) in [4.78, 5) is 54.7. The molecule has 1 fully saturated rings. The maximum atomic E-state index is 13.4. The average Bonchev–Trinajstić information content (AvgIpc) is 3.28. The topological polar surface area (TPSA) is 209 Å². The number of carbonyl (C=O) groups excluding carboxylic acids is 3. The lowest BCUT2D eigenvalue weighted by Gasteiger charge is -2.45. The number of rotatable bonds is 22. The second-order valence-corrected chi connectivity index (χ2v) is 15.9. The number of nitrogens with two attached hydrogens (primary N) is 2. The number of nitrogen functional groups attached to an aromatic ring is 2. The Balaban J connectivity index is 0.992. The lowest BCUT2D eigenvalue weighted by atomic mass is 9.99. The molecule has 1 saturated heterocycles. The molecule has 16 heteroatoms. The zero-order valence-corrected chi connectivity index (χ0v) is 35.7. The molecule has 62 heavy (non-hydrogen) atoms. The van der Waals surface area contributed by atoms with Gasteiger partial charge in [-0.15, -0.1) is 0 Å². The summed E-state index contributed by atoms with van der Waals surface area (Å²) in [6.45, 7) is 4.47. The second-order valence-electron chi connectivity index (χ2n) is 15.6. The zero-order valence-electron chi connectivity index (χ0n) is 34.9. The van der Waals surface area contributed by atoms with E-state index in [1.807, 2.05) is 84.9 Å². The molecule has 7 N–H and O–H groups in total. The van der Waals surface area contributed by atoms with Gasteiger partial charge in [-0.2, -0.15) is 0 Å². The molecule has 1 aliphatic rings. The molecular weight excluding hydrogens is 808 g/mol. The third kappa shape index (κ3) is 14.4. The van der Waals surface area contributed by atoms with Gasteiger partial charge < -0.3 is 41.4 Å². The van der Waals surface area contributed by atoms with E-state index in [1.54, 1.807) is 12.4 Å². The molecule has 1 aliphatic heterocycles. The maximum absolute atomic E-state index is 13.4. The minimum atomic E-state index is -0.421. The molecule has 1 atom stereocenters. The van der Waals surface area contributed by atoms with Crippen LogP contribution in [-0.4, -0.2) is 101 Å². The number of amides is 3. The highest BCUT2D eigenvalue weighted by atomic mass is 35.5. The number of hydrogen-bond acceptors (Lipinski definition) is 11. The number of carbonyl (C=O) groups is 3.